The van der Waals surface area contributed by atoms with Crippen molar-refractivity contribution in [1.82, 2.24) is 4.57 Å². The number of anilines is 1. The Hall–Kier alpha value is -2.34. The van der Waals surface area contributed by atoms with Crippen molar-refractivity contribution in [3.63, 3.8) is 0 Å². The van der Waals surface area contributed by atoms with Crippen molar-refractivity contribution in [2.45, 2.75) is 47.1 Å². The van der Waals surface area contributed by atoms with Crippen LogP contribution in [0.4, 0.5) is 10.5 Å². The molecule has 4 rings (SSSR count). The normalized spacial score (nSPS) is 21.2. The van der Waals surface area contributed by atoms with E-state index in [0.717, 1.165) is 43.5 Å². The summed E-state index contributed by atoms with van der Waals surface area (Å²) >= 11 is 0. The van der Waals surface area contributed by atoms with Gasteiger partial charge < -0.3 is 14.4 Å². The second kappa shape index (κ2) is 6.87. The second-order valence-corrected chi connectivity index (χ2v) is 9.65. The molecule has 2 heterocycles. The lowest BCUT2D eigenvalue weighted by molar-refractivity contribution is 0.0616. The zero-order valence-corrected chi connectivity index (χ0v) is 17.6. The number of hydrogen-bond donors (Lipinski definition) is 2. The van der Waals surface area contributed by atoms with Crippen molar-refractivity contribution < 1.29 is 19.4 Å². The van der Waals surface area contributed by atoms with E-state index in [2.05, 4.69) is 37.6 Å². The van der Waals surface area contributed by atoms with Crippen molar-refractivity contribution in [1.29, 1.82) is 0 Å². The van der Waals surface area contributed by atoms with E-state index in [1.165, 1.54) is 0 Å². The molecule has 1 saturated heterocycles. The van der Waals surface area contributed by atoms with Gasteiger partial charge in [0.1, 0.15) is 0 Å². The number of carbonyl (C=O) groups is 2. The van der Waals surface area contributed by atoms with Crippen molar-refractivity contribution in [3.8, 4) is 0 Å². The lowest BCUT2D eigenvalue weighted by atomic mass is 10.0. The van der Waals surface area contributed by atoms with Crippen LogP contribution in [-0.4, -0.2) is 34.8 Å². The smallest absolute Gasteiger partial charge is 0.409 e. The minimum atomic E-state index is -1.11. The summed E-state index contributed by atoms with van der Waals surface area (Å²) in [6.45, 7) is 11.0. The van der Waals surface area contributed by atoms with Crippen LogP contribution in [0.1, 0.15) is 50.9 Å². The molecular weight excluding hydrogens is 368 g/mol. The monoisotopic (exact) mass is 398 g/mol. The Morgan fingerprint density at radius 3 is 2.41 bits per heavy atom. The number of nitrogens with one attached hydrogen (secondary N) is 1. The minimum Gasteiger partial charge on any atom is -0.465 e. The number of carbonyl (C=O) groups excluding carboxylic acids is 1. The molecule has 156 valence electrons. The fourth-order valence-electron chi connectivity index (χ4n) is 5.06. The highest BCUT2D eigenvalue weighted by Crippen LogP contribution is 2.69. The summed E-state index contributed by atoms with van der Waals surface area (Å²) in [5, 5.41) is 12.3. The number of ketones is 1. The first-order chi connectivity index (χ1) is 13.6. The van der Waals surface area contributed by atoms with Gasteiger partial charge in [-0.15, -0.1) is 0 Å². The molecule has 0 spiro atoms. The molecule has 1 aromatic heterocycles. The highest BCUT2D eigenvalue weighted by Gasteiger charge is 2.68. The van der Waals surface area contributed by atoms with Gasteiger partial charge in [0.05, 0.1) is 0 Å². The van der Waals surface area contributed by atoms with E-state index in [1.54, 1.807) is 12.1 Å². The summed E-state index contributed by atoms with van der Waals surface area (Å²) in [5.74, 6) is 0.643. The quantitative estimate of drug-likeness (QED) is 0.693. The molecule has 29 heavy (non-hydrogen) atoms. The molecule has 1 amide bonds. The summed E-state index contributed by atoms with van der Waals surface area (Å²) in [4.78, 5) is 24.6. The first kappa shape index (κ1) is 20.0. The molecule has 1 aliphatic carbocycles. The number of carboxylic acid groups (broad SMARTS) is 1. The highest BCUT2D eigenvalue weighted by atomic mass is 16.5. The number of ether oxygens (including phenoxy) is 1. The minimum absolute atomic E-state index is 0.0341. The van der Waals surface area contributed by atoms with Crippen LogP contribution < -0.4 is 5.32 Å². The maximum atomic E-state index is 13.5. The maximum Gasteiger partial charge on any atom is 0.409 e. The second-order valence-electron chi connectivity index (χ2n) is 9.65. The van der Waals surface area contributed by atoms with Gasteiger partial charge in [-0.1, -0.05) is 27.7 Å². The Balaban J connectivity index is 1.75. The average Bonchev–Trinajstić information content (AvgIpc) is 2.91. The van der Waals surface area contributed by atoms with Gasteiger partial charge in [-0.05, 0) is 47.8 Å². The van der Waals surface area contributed by atoms with E-state index in [9.17, 15) is 9.59 Å². The maximum absolute atomic E-state index is 13.5. The standard InChI is InChI=1S/C23H30N2O4/c1-22(2)20(23(22,3)4)19(26)17-13-25(12-14-7-9-29-10-8-14)18-6-5-15(11-16(17)18)24-21(27)28/h5-6,11,13-14,20,24H,7-10,12H2,1-4H3,(H,27,28). The van der Waals surface area contributed by atoms with Crippen molar-refractivity contribution in [2.24, 2.45) is 22.7 Å². The predicted molar refractivity (Wildman–Crippen MR) is 113 cm³/mol. The fourth-order valence-corrected chi connectivity index (χ4v) is 5.06. The molecule has 0 atom stereocenters. The number of rotatable bonds is 5. The molecule has 1 aromatic carbocycles. The van der Waals surface area contributed by atoms with Gasteiger partial charge in [0.15, 0.2) is 5.78 Å². The van der Waals surface area contributed by atoms with E-state index in [4.69, 9.17) is 9.84 Å². The predicted octanol–water partition coefficient (Wildman–Crippen LogP) is 5.02. The Kier molecular flexibility index (Phi) is 4.73. The molecule has 1 aliphatic heterocycles. The molecule has 6 heteroatoms. The van der Waals surface area contributed by atoms with Crippen LogP contribution in [0.5, 0.6) is 0 Å². The molecule has 2 N–H and O–H groups in total. The Morgan fingerprint density at radius 1 is 1.17 bits per heavy atom. The average molecular weight is 399 g/mol. The van der Waals surface area contributed by atoms with Gasteiger partial charge in [0.2, 0.25) is 0 Å². The Labute approximate surface area is 171 Å². The zero-order chi connectivity index (χ0) is 21.0. The molecule has 2 aromatic rings. The van der Waals surface area contributed by atoms with Crippen molar-refractivity contribution >= 4 is 28.5 Å². The fraction of sp³-hybridized carbons (Fsp3) is 0.565. The van der Waals surface area contributed by atoms with Gasteiger partial charge >= 0.3 is 6.09 Å². The first-order valence-corrected chi connectivity index (χ1v) is 10.4. The Morgan fingerprint density at radius 2 is 1.83 bits per heavy atom. The zero-order valence-electron chi connectivity index (χ0n) is 17.6. The molecule has 2 fully saturated rings. The molecule has 6 nitrogen and oxygen atoms in total. The summed E-state index contributed by atoms with van der Waals surface area (Å²) in [5.41, 5.74) is 2.07. The van der Waals surface area contributed by atoms with Crippen LogP contribution >= 0.6 is 0 Å². The van der Waals surface area contributed by atoms with Gasteiger partial charge in [-0.25, -0.2) is 4.79 Å². The SMILES string of the molecule is CC1(C)C(C(=O)c2cn(CC3CCOCC3)c3ccc(NC(=O)O)cc23)C1(C)C. The number of nitrogens with zero attached hydrogens (tertiary/aromatic N) is 1. The van der Waals surface area contributed by atoms with Crippen LogP contribution in [-0.2, 0) is 11.3 Å². The number of benzene rings is 1. The lowest BCUT2D eigenvalue weighted by Crippen LogP contribution is -2.20. The van der Waals surface area contributed by atoms with Gasteiger partial charge in [0, 0.05) is 54.0 Å². The summed E-state index contributed by atoms with van der Waals surface area (Å²) < 4.78 is 7.65. The number of aromatic nitrogens is 1. The highest BCUT2D eigenvalue weighted by molar-refractivity contribution is 6.11. The number of hydrogen-bond acceptors (Lipinski definition) is 3. The first-order valence-electron chi connectivity index (χ1n) is 10.4. The molecular formula is C23H30N2O4. The Bertz CT molecular complexity index is 953. The summed E-state index contributed by atoms with van der Waals surface area (Å²) in [6.07, 6.45) is 2.91. The van der Waals surface area contributed by atoms with Crippen LogP contribution in [0.3, 0.4) is 0 Å². The van der Waals surface area contributed by atoms with E-state index in [-0.39, 0.29) is 22.5 Å². The van der Waals surface area contributed by atoms with Crippen molar-refractivity contribution in [3.05, 3.63) is 30.0 Å². The molecule has 0 radical (unpaired) electrons. The number of Topliss-reactive ketones (excluding diaryl/α,β-unsaturated/α-hetero) is 1. The van der Waals surface area contributed by atoms with E-state index in [1.807, 2.05) is 12.3 Å². The summed E-state index contributed by atoms with van der Waals surface area (Å²) in [7, 11) is 0. The largest absolute Gasteiger partial charge is 0.465 e. The third kappa shape index (κ3) is 3.33. The van der Waals surface area contributed by atoms with Crippen LogP contribution in [0.15, 0.2) is 24.4 Å². The van der Waals surface area contributed by atoms with E-state index >= 15 is 0 Å². The molecule has 0 bridgehead atoms. The van der Waals surface area contributed by atoms with Crippen LogP contribution in [0.25, 0.3) is 10.9 Å². The molecule has 0 unspecified atom stereocenters. The topological polar surface area (TPSA) is 80.6 Å². The number of fused-ring (bicyclic) bond motifs is 1. The van der Waals surface area contributed by atoms with Gasteiger partial charge in [0.25, 0.3) is 0 Å². The van der Waals surface area contributed by atoms with Crippen LogP contribution in [0, 0.1) is 22.7 Å². The number of amides is 1. The van der Waals surface area contributed by atoms with Crippen LogP contribution in [0.2, 0.25) is 0 Å². The third-order valence-corrected chi connectivity index (χ3v) is 7.48. The summed E-state index contributed by atoms with van der Waals surface area (Å²) in [6, 6.07) is 5.47. The van der Waals surface area contributed by atoms with Gasteiger partial charge in [-0.2, -0.15) is 0 Å². The molecule has 1 saturated carbocycles. The lowest BCUT2D eigenvalue weighted by Gasteiger charge is -2.22. The van der Waals surface area contributed by atoms with Crippen molar-refractivity contribution in [2.75, 3.05) is 18.5 Å². The van der Waals surface area contributed by atoms with Gasteiger partial charge in [-0.3, -0.25) is 10.1 Å². The third-order valence-electron chi connectivity index (χ3n) is 7.48. The van der Waals surface area contributed by atoms with E-state index in [0.29, 0.717) is 17.2 Å². The van der Waals surface area contributed by atoms with E-state index < -0.39 is 6.09 Å². The molecule has 2 aliphatic rings.